The van der Waals surface area contributed by atoms with Crippen LogP contribution in [-0.4, -0.2) is 30.2 Å². The molecular weight excluding hydrogens is 240 g/mol. The third kappa shape index (κ3) is 5.49. The van der Waals surface area contributed by atoms with Crippen LogP contribution in [0, 0.1) is 11.3 Å². The van der Waals surface area contributed by atoms with Gasteiger partial charge in [0.1, 0.15) is 0 Å². The molecular formula is C15H30N2O2. The van der Waals surface area contributed by atoms with Gasteiger partial charge in [-0.2, -0.15) is 0 Å². The number of amides is 1. The van der Waals surface area contributed by atoms with Crippen LogP contribution in [0.5, 0.6) is 0 Å². The summed E-state index contributed by atoms with van der Waals surface area (Å²) >= 11 is 0. The number of hydrogen-bond acceptors (Lipinski definition) is 3. The Kier molecular flexibility index (Phi) is 6.80. The Balaban J connectivity index is 2.47. The highest BCUT2D eigenvalue weighted by molar-refractivity contribution is 5.77. The Morgan fingerprint density at radius 2 is 1.95 bits per heavy atom. The Morgan fingerprint density at radius 3 is 2.42 bits per heavy atom. The van der Waals surface area contributed by atoms with Crippen molar-refractivity contribution in [3.8, 4) is 0 Å². The van der Waals surface area contributed by atoms with Gasteiger partial charge in [-0.15, -0.1) is 0 Å². The van der Waals surface area contributed by atoms with Gasteiger partial charge in [-0.3, -0.25) is 4.79 Å². The van der Waals surface area contributed by atoms with Gasteiger partial charge in [0.2, 0.25) is 5.91 Å². The number of rotatable bonds is 7. The Hall–Kier alpha value is -0.610. The molecule has 1 fully saturated rings. The van der Waals surface area contributed by atoms with E-state index in [0.29, 0.717) is 18.9 Å². The smallest absolute Gasteiger partial charge is 0.220 e. The lowest BCUT2D eigenvalue weighted by Gasteiger charge is -2.36. The molecule has 1 saturated carbocycles. The van der Waals surface area contributed by atoms with Gasteiger partial charge in [-0.05, 0) is 37.1 Å². The molecule has 0 bridgehead atoms. The monoisotopic (exact) mass is 270 g/mol. The summed E-state index contributed by atoms with van der Waals surface area (Å²) in [4.78, 5) is 12.1. The van der Waals surface area contributed by atoms with E-state index in [2.05, 4.69) is 19.2 Å². The molecule has 0 radical (unpaired) electrons. The summed E-state index contributed by atoms with van der Waals surface area (Å²) in [6, 6.07) is -0.120. The van der Waals surface area contributed by atoms with Gasteiger partial charge in [-0.1, -0.05) is 33.1 Å². The van der Waals surface area contributed by atoms with Crippen LogP contribution in [-0.2, 0) is 4.79 Å². The zero-order valence-corrected chi connectivity index (χ0v) is 12.5. The van der Waals surface area contributed by atoms with Gasteiger partial charge < -0.3 is 16.2 Å². The first-order valence-electron chi connectivity index (χ1n) is 7.61. The van der Waals surface area contributed by atoms with Crippen LogP contribution >= 0.6 is 0 Å². The normalized spacial score (nSPS) is 20.3. The summed E-state index contributed by atoms with van der Waals surface area (Å²) < 4.78 is 0. The van der Waals surface area contributed by atoms with E-state index in [9.17, 15) is 9.90 Å². The molecule has 1 aliphatic carbocycles. The molecule has 1 atom stereocenters. The molecule has 1 amide bonds. The van der Waals surface area contributed by atoms with Crippen molar-refractivity contribution in [2.45, 2.75) is 64.8 Å². The van der Waals surface area contributed by atoms with Crippen LogP contribution in [0.3, 0.4) is 0 Å². The number of hydrogen-bond donors (Lipinski definition) is 3. The molecule has 0 aromatic heterocycles. The minimum atomic E-state index is -0.120. The molecule has 0 aliphatic heterocycles. The quantitative estimate of drug-likeness (QED) is 0.660. The Morgan fingerprint density at radius 1 is 1.32 bits per heavy atom. The van der Waals surface area contributed by atoms with Crippen LogP contribution in [0.15, 0.2) is 0 Å². The second-order valence-electron chi connectivity index (χ2n) is 6.52. The zero-order valence-electron chi connectivity index (χ0n) is 12.5. The summed E-state index contributed by atoms with van der Waals surface area (Å²) in [5.41, 5.74) is 5.90. The third-order valence-electron chi connectivity index (χ3n) is 4.22. The largest absolute Gasteiger partial charge is 0.394 e. The molecule has 112 valence electrons. The fourth-order valence-electron chi connectivity index (χ4n) is 3.12. The van der Waals surface area contributed by atoms with E-state index < -0.39 is 0 Å². The van der Waals surface area contributed by atoms with Crippen LogP contribution in [0.1, 0.15) is 58.8 Å². The maximum Gasteiger partial charge on any atom is 0.220 e. The molecule has 4 nitrogen and oxygen atoms in total. The first-order valence-corrected chi connectivity index (χ1v) is 7.61. The van der Waals surface area contributed by atoms with Gasteiger partial charge in [0, 0.05) is 6.42 Å². The lowest BCUT2D eigenvalue weighted by molar-refractivity contribution is -0.125. The molecule has 1 aliphatic rings. The number of carbonyl (C=O) groups excluding carboxylic acids is 1. The molecule has 4 N–H and O–H groups in total. The van der Waals surface area contributed by atoms with Crippen molar-refractivity contribution in [2.24, 2.45) is 17.1 Å². The second-order valence-corrected chi connectivity index (χ2v) is 6.52. The SMILES string of the molecule is CC(C)CC(CO)NC(=O)CC1(CN)CCCCC1. The summed E-state index contributed by atoms with van der Waals surface area (Å²) in [5.74, 6) is 0.516. The Labute approximate surface area is 117 Å². The lowest BCUT2D eigenvalue weighted by Crippen LogP contribution is -2.43. The maximum absolute atomic E-state index is 12.1. The van der Waals surface area contributed by atoms with Crippen molar-refractivity contribution >= 4 is 5.91 Å². The average molecular weight is 270 g/mol. The minimum absolute atomic E-state index is 0.000168. The van der Waals surface area contributed by atoms with Crippen LogP contribution in [0.25, 0.3) is 0 Å². The molecule has 0 spiro atoms. The third-order valence-corrected chi connectivity index (χ3v) is 4.22. The number of aliphatic hydroxyl groups excluding tert-OH is 1. The highest BCUT2D eigenvalue weighted by Gasteiger charge is 2.33. The fourth-order valence-corrected chi connectivity index (χ4v) is 3.12. The number of nitrogens with one attached hydrogen (secondary N) is 1. The topological polar surface area (TPSA) is 75.3 Å². The number of aliphatic hydroxyl groups is 1. The van der Waals surface area contributed by atoms with Crippen molar-refractivity contribution in [1.82, 2.24) is 5.32 Å². The molecule has 19 heavy (non-hydrogen) atoms. The second kappa shape index (κ2) is 7.85. The summed E-state index contributed by atoms with van der Waals surface area (Å²) in [5, 5.41) is 12.3. The van der Waals surface area contributed by atoms with Crippen LogP contribution < -0.4 is 11.1 Å². The summed E-state index contributed by atoms with van der Waals surface area (Å²) in [6.45, 7) is 4.79. The van der Waals surface area contributed by atoms with Gasteiger partial charge in [0.15, 0.2) is 0 Å². The van der Waals surface area contributed by atoms with Crippen molar-refractivity contribution < 1.29 is 9.90 Å². The highest BCUT2D eigenvalue weighted by Crippen LogP contribution is 2.38. The lowest BCUT2D eigenvalue weighted by atomic mass is 9.71. The van der Waals surface area contributed by atoms with Gasteiger partial charge in [0.25, 0.3) is 0 Å². The predicted molar refractivity (Wildman–Crippen MR) is 77.7 cm³/mol. The van der Waals surface area contributed by atoms with Gasteiger partial charge in [-0.25, -0.2) is 0 Å². The molecule has 0 aromatic carbocycles. The average Bonchev–Trinajstić information content (AvgIpc) is 2.38. The molecule has 4 heteroatoms. The van der Waals surface area contributed by atoms with Gasteiger partial charge in [0.05, 0.1) is 12.6 Å². The van der Waals surface area contributed by atoms with E-state index in [1.54, 1.807) is 0 Å². The molecule has 1 unspecified atom stereocenters. The van der Waals surface area contributed by atoms with Crippen LogP contribution in [0.2, 0.25) is 0 Å². The number of carbonyl (C=O) groups is 1. The van der Waals surface area contributed by atoms with Crippen molar-refractivity contribution in [2.75, 3.05) is 13.2 Å². The van der Waals surface area contributed by atoms with Crippen molar-refractivity contribution in [3.63, 3.8) is 0 Å². The Bertz CT molecular complexity index is 273. The molecule has 0 aromatic rings. The fraction of sp³-hybridized carbons (Fsp3) is 0.933. The maximum atomic E-state index is 12.1. The van der Waals surface area contributed by atoms with E-state index >= 15 is 0 Å². The molecule has 1 rings (SSSR count). The van der Waals surface area contributed by atoms with Crippen LogP contribution in [0.4, 0.5) is 0 Å². The molecule has 0 heterocycles. The van der Waals surface area contributed by atoms with Crippen molar-refractivity contribution in [1.29, 1.82) is 0 Å². The van der Waals surface area contributed by atoms with E-state index in [-0.39, 0.29) is 24.0 Å². The van der Waals surface area contributed by atoms with Gasteiger partial charge >= 0.3 is 0 Å². The zero-order chi connectivity index (χ0) is 14.3. The first kappa shape index (κ1) is 16.4. The number of nitrogens with two attached hydrogens (primary N) is 1. The van der Waals surface area contributed by atoms with E-state index in [4.69, 9.17) is 5.73 Å². The van der Waals surface area contributed by atoms with Crippen molar-refractivity contribution in [3.05, 3.63) is 0 Å². The van der Waals surface area contributed by atoms with E-state index in [1.165, 1.54) is 19.3 Å². The molecule has 0 saturated heterocycles. The highest BCUT2D eigenvalue weighted by atomic mass is 16.3. The first-order chi connectivity index (χ1) is 9.01. The summed E-state index contributed by atoms with van der Waals surface area (Å²) in [7, 11) is 0. The summed E-state index contributed by atoms with van der Waals surface area (Å²) in [6.07, 6.45) is 7.07. The minimum Gasteiger partial charge on any atom is -0.394 e. The van der Waals surface area contributed by atoms with E-state index in [0.717, 1.165) is 19.3 Å². The predicted octanol–water partition coefficient (Wildman–Crippen LogP) is 1.81. The standard InChI is InChI=1S/C15H30N2O2/c1-12(2)8-13(10-18)17-14(19)9-15(11-16)6-4-3-5-7-15/h12-13,18H,3-11,16H2,1-2H3,(H,17,19). The van der Waals surface area contributed by atoms with E-state index in [1.807, 2.05) is 0 Å².